The molecule has 102 valence electrons. The van der Waals surface area contributed by atoms with Crippen molar-refractivity contribution < 1.29 is 0 Å². The van der Waals surface area contributed by atoms with Crippen molar-refractivity contribution in [2.24, 2.45) is 0 Å². The molecule has 0 aliphatic heterocycles. The first-order valence-corrected chi connectivity index (χ1v) is 7.52. The summed E-state index contributed by atoms with van der Waals surface area (Å²) in [5.41, 5.74) is 2.37. The summed E-state index contributed by atoms with van der Waals surface area (Å²) in [6.07, 6.45) is 0. The highest BCUT2D eigenvalue weighted by atomic mass is 32.1. The molecule has 0 amide bonds. The highest BCUT2D eigenvalue weighted by Gasteiger charge is 2.08. The molecule has 0 radical (unpaired) electrons. The second kappa shape index (κ2) is 4.53. The molecule has 0 bridgehead atoms. The number of fused-ring (bicyclic) bond motifs is 2. The molecule has 0 aliphatic rings. The summed E-state index contributed by atoms with van der Waals surface area (Å²) in [6, 6.07) is 15.7. The smallest absolute Gasteiger partial charge is 0.191 e. The van der Waals surface area contributed by atoms with E-state index in [-0.39, 0.29) is 5.43 Å². The Balaban J connectivity index is 1.99. The third kappa shape index (κ3) is 2.04. The van der Waals surface area contributed by atoms with Gasteiger partial charge in [0.1, 0.15) is 5.65 Å². The van der Waals surface area contributed by atoms with E-state index < -0.39 is 0 Å². The number of nitrogens with one attached hydrogen (secondary N) is 1. The quantitative estimate of drug-likeness (QED) is 0.574. The van der Waals surface area contributed by atoms with E-state index in [0.717, 1.165) is 16.3 Å². The minimum Gasteiger partial charge on any atom is -0.338 e. The van der Waals surface area contributed by atoms with Gasteiger partial charge in [0.25, 0.3) is 0 Å². The largest absolute Gasteiger partial charge is 0.338 e. The molecule has 3 aromatic heterocycles. The monoisotopic (exact) mass is 292 g/mol. The Hall–Kier alpha value is -2.46. The average Bonchev–Trinajstić information content (AvgIpc) is 2.90. The topological polar surface area (TPSA) is 45.8 Å². The Morgan fingerprint density at radius 2 is 1.95 bits per heavy atom. The minimum absolute atomic E-state index is 0.00343. The maximum absolute atomic E-state index is 12.2. The highest BCUT2D eigenvalue weighted by molar-refractivity contribution is 7.22. The number of aryl methyl sites for hydroxylation is 1. The lowest BCUT2D eigenvalue weighted by molar-refractivity contribution is 1.20. The van der Waals surface area contributed by atoms with Crippen LogP contribution in [-0.2, 0) is 0 Å². The van der Waals surface area contributed by atoms with E-state index in [1.54, 1.807) is 17.4 Å². The van der Waals surface area contributed by atoms with E-state index in [1.807, 2.05) is 31.2 Å². The normalized spacial score (nSPS) is 11.3. The first-order chi connectivity index (χ1) is 10.2. The molecule has 0 aliphatic carbocycles. The van der Waals surface area contributed by atoms with Gasteiger partial charge in [-0.1, -0.05) is 18.2 Å². The summed E-state index contributed by atoms with van der Waals surface area (Å²) in [5.74, 6) is 0. The molecule has 0 spiro atoms. The second-order valence-corrected chi connectivity index (χ2v) is 6.13. The van der Waals surface area contributed by atoms with Crippen molar-refractivity contribution >= 4 is 32.5 Å². The van der Waals surface area contributed by atoms with Gasteiger partial charge in [-0.3, -0.25) is 4.79 Å². The van der Waals surface area contributed by atoms with Crippen molar-refractivity contribution in [3.8, 4) is 10.6 Å². The van der Waals surface area contributed by atoms with Crippen LogP contribution < -0.4 is 5.43 Å². The molecule has 3 heterocycles. The van der Waals surface area contributed by atoms with Crippen LogP contribution in [0.1, 0.15) is 5.69 Å². The minimum atomic E-state index is 0.00343. The van der Waals surface area contributed by atoms with Crippen molar-refractivity contribution in [1.29, 1.82) is 0 Å². The van der Waals surface area contributed by atoms with E-state index in [1.165, 1.54) is 10.1 Å². The van der Waals surface area contributed by atoms with Crippen LogP contribution in [0.5, 0.6) is 0 Å². The number of H-pyrrole nitrogens is 1. The average molecular weight is 292 g/mol. The van der Waals surface area contributed by atoms with Crippen molar-refractivity contribution in [2.45, 2.75) is 6.92 Å². The lowest BCUT2D eigenvalue weighted by Crippen LogP contribution is -2.04. The first kappa shape index (κ1) is 12.3. The van der Waals surface area contributed by atoms with Crippen LogP contribution in [0.25, 0.3) is 31.7 Å². The molecule has 1 aromatic carbocycles. The third-order valence-electron chi connectivity index (χ3n) is 3.52. The SMILES string of the molecule is Cc1ccc2c(=O)cc(-c3cc4ccccc4s3)[nH]c2n1. The first-order valence-electron chi connectivity index (χ1n) is 6.70. The number of thiophene rings is 1. The van der Waals surface area contributed by atoms with Crippen LogP contribution in [0, 0.1) is 6.92 Å². The van der Waals surface area contributed by atoms with Crippen LogP contribution >= 0.6 is 11.3 Å². The Labute approximate surface area is 124 Å². The Morgan fingerprint density at radius 1 is 1.10 bits per heavy atom. The van der Waals surface area contributed by atoms with Gasteiger partial charge in [0, 0.05) is 16.5 Å². The van der Waals surface area contributed by atoms with Gasteiger partial charge in [0.2, 0.25) is 0 Å². The van der Waals surface area contributed by atoms with E-state index in [0.29, 0.717) is 11.0 Å². The number of aromatic amines is 1. The van der Waals surface area contributed by atoms with E-state index in [9.17, 15) is 4.79 Å². The van der Waals surface area contributed by atoms with Gasteiger partial charge < -0.3 is 4.98 Å². The van der Waals surface area contributed by atoms with Crippen LogP contribution in [-0.4, -0.2) is 9.97 Å². The van der Waals surface area contributed by atoms with Gasteiger partial charge >= 0.3 is 0 Å². The molecule has 0 unspecified atom stereocenters. The Kier molecular flexibility index (Phi) is 2.65. The van der Waals surface area contributed by atoms with Crippen molar-refractivity contribution in [3.05, 3.63) is 64.4 Å². The number of pyridine rings is 2. The predicted molar refractivity (Wildman–Crippen MR) is 87.9 cm³/mol. The van der Waals surface area contributed by atoms with E-state index in [2.05, 4.69) is 28.2 Å². The molecule has 0 saturated heterocycles. The maximum atomic E-state index is 12.2. The Morgan fingerprint density at radius 3 is 2.81 bits per heavy atom. The summed E-state index contributed by atoms with van der Waals surface area (Å²) in [4.78, 5) is 21.0. The number of rotatable bonds is 1. The number of hydrogen-bond donors (Lipinski definition) is 1. The fraction of sp³-hybridized carbons (Fsp3) is 0.0588. The third-order valence-corrected chi connectivity index (χ3v) is 4.67. The van der Waals surface area contributed by atoms with Crippen LogP contribution in [0.4, 0.5) is 0 Å². The Bertz CT molecular complexity index is 997. The number of hydrogen-bond acceptors (Lipinski definition) is 3. The molecule has 4 aromatic rings. The predicted octanol–water partition coefficient (Wildman–Crippen LogP) is 4.11. The van der Waals surface area contributed by atoms with E-state index in [4.69, 9.17) is 0 Å². The fourth-order valence-electron chi connectivity index (χ4n) is 2.47. The molecule has 3 nitrogen and oxygen atoms in total. The summed E-state index contributed by atoms with van der Waals surface area (Å²) in [5, 5.41) is 1.82. The molecular formula is C17H12N2OS. The molecule has 0 atom stereocenters. The zero-order valence-corrected chi connectivity index (χ0v) is 12.2. The summed E-state index contributed by atoms with van der Waals surface area (Å²) in [7, 11) is 0. The molecule has 21 heavy (non-hydrogen) atoms. The van der Waals surface area contributed by atoms with Gasteiger partial charge in [-0.2, -0.15) is 0 Å². The standard InChI is InChI=1S/C17H12N2OS/c1-10-6-7-12-14(20)9-13(19-17(12)18-10)16-8-11-4-2-3-5-15(11)21-16/h2-9H,1H3,(H,18,19,20). The molecule has 0 fully saturated rings. The van der Waals surface area contributed by atoms with Crippen LogP contribution in [0.2, 0.25) is 0 Å². The van der Waals surface area contributed by atoms with Gasteiger partial charge in [0.05, 0.1) is 16.0 Å². The zero-order valence-electron chi connectivity index (χ0n) is 11.4. The summed E-state index contributed by atoms with van der Waals surface area (Å²) >= 11 is 1.67. The number of benzene rings is 1. The number of aromatic nitrogens is 2. The van der Waals surface area contributed by atoms with Crippen LogP contribution in [0.15, 0.2) is 53.3 Å². The lowest BCUT2D eigenvalue weighted by Gasteiger charge is -2.02. The molecule has 0 saturated carbocycles. The number of nitrogens with zero attached hydrogens (tertiary/aromatic N) is 1. The summed E-state index contributed by atoms with van der Waals surface area (Å²) in [6.45, 7) is 1.92. The second-order valence-electron chi connectivity index (χ2n) is 5.04. The van der Waals surface area contributed by atoms with Gasteiger partial charge in [0.15, 0.2) is 5.43 Å². The fourth-order valence-corrected chi connectivity index (χ4v) is 3.50. The highest BCUT2D eigenvalue weighted by Crippen LogP contribution is 2.32. The van der Waals surface area contributed by atoms with Crippen LogP contribution in [0.3, 0.4) is 0 Å². The summed E-state index contributed by atoms with van der Waals surface area (Å²) < 4.78 is 1.21. The lowest BCUT2D eigenvalue weighted by atomic mass is 10.2. The molecular weight excluding hydrogens is 280 g/mol. The van der Waals surface area contributed by atoms with Crippen molar-refractivity contribution in [1.82, 2.24) is 9.97 Å². The van der Waals surface area contributed by atoms with Gasteiger partial charge in [-0.25, -0.2) is 4.98 Å². The van der Waals surface area contributed by atoms with Crippen molar-refractivity contribution in [3.63, 3.8) is 0 Å². The molecule has 4 heteroatoms. The zero-order chi connectivity index (χ0) is 14.4. The van der Waals surface area contributed by atoms with Crippen molar-refractivity contribution in [2.75, 3.05) is 0 Å². The van der Waals surface area contributed by atoms with E-state index >= 15 is 0 Å². The van der Waals surface area contributed by atoms with Gasteiger partial charge in [-0.15, -0.1) is 11.3 Å². The van der Waals surface area contributed by atoms with Gasteiger partial charge in [-0.05, 0) is 36.6 Å². The molecule has 4 rings (SSSR count). The molecule has 1 N–H and O–H groups in total. The maximum Gasteiger partial charge on any atom is 0.191 e.